The van der Waals surface area contributed by atoms with E-state index in [0.717, 1.165) is 67.6 Å². The molecule has 1 saturated heterocycles. The van der Waals surface area contributed by atoms with Crippen LogP contribution in [0.4, 0.5) is 25.0 Å². The minimum Gasteiger partial charge on any atom is -0.452 e. The van der Waals surface area contributed by atoms with Gasteiger partial charge in [0.1, 0.15) is 6.10 Å². The van der Waals surface area contributed by atoms with Crippen LogP contribution in [-0.4, -0.2) is 63.0 Å². The van der Waals surface area contributed by atoms with Gasteiger partial charge in [0.25, 0.3) is 0 Å². The molecule has 4 atom stereocenters. The van der Waals surface area contributed by atoms with Crippen LogP contribution in [0.15, 0.2) is 30.3 Å². The molecule has 1 amide bonds. The molecule has 220 valence electrons. The largest absolute Gasteiger partial charge is 0.452 e. The van der Waals surface area contributed by atoms with Gasteiger partial charge < -0.3 is 19.1 Å². The quantitative estimate of drug-likeness (QED) is 0.399. The van der Waals surface area contributed by atoms with Gasteiger partial charge in [0.2, 0.25) is 0 Å². The Kier molecular flexibility index (Phi) is 7.76. The van der Waals surface area contributed by atoms with Crippen LogP contribution < -0.4 is 9.80 Å². The summed E-state index contributed by atoms with van der Waals surface area (Å²) in [5.41, 5.74) is 4.88. The van der Waals surface area contributed by atoms with E-state index in [1.54, 1.807) is 12.0 Å². The fraction of sp³-hybridized carbons (Fsp3) is 0.562. The van der Waals surface area contributed by atoms with E-state index >= 15 is 0 Å². The molecule has 0 aromatic heterocycles. The summed E-state index contributed by atoms with van der Waals surface area (Å²) >= 11 is 0. The molecular weight excluding hydrogens is 530 g/mol. The number of epoxide rings is 1. The number of carbonyl (C=O) groups excluding carboxylic acids is 2. The van der Waals surface area contributed by atoms with Gasteiger partial charge >= 0.3 is 6.09 Å². The van der Waals surface area contributed by atoms with Gasteiger partial charge in [-0.25, -0.2) is 13.6 Å². The van der Waals surface area contributed by atoms with E-state index in [1.807, 2.05) is 13.0 Å². The number of anilines is 2. The molecule has 4 unspecified atom stereocenters. The molecule has 3 aliphatic heterocycles. The number of rotatable bonds is 7. The van der Waals surface area contributed by atoms with Crippen LogP contribution in [0.5, 0.6) is 0 Å². The zero-order chi connectivity index (χ0) is 28.8. The zero-order valence-electron chi connectivity index (χ0n) is 23.9. The maximum Gasteiger partial charge on any atom is 0.414 e. The third-order valence-electron chi connectivity index (χ3n) is 9.60. The van der Waals surface area contributed by atoms with Crippen LogP contribution in [0.3, 0.4) is 0 Å². The van der Waals surface area contributed by atoms with Gasteiger partial charge in [0.05, 0.1) is 25.5 Å². The molecule has 9 heteroatoms. The molecule has 3 heterocycles. The van der Waals surface area contributed by atoms with Gasteiger partial charge in [0, 0.05) is 36.8 Å². The fourth-order valence-electron chi connectivity index (χ4n) is 7.37. The van der Waals surface area contributed by atoms with Crippen LogP contribution in [-0.2, 0) is 31.8 Å². The number of amides is 1. The maximum atomic E-state index is 14.4. The van der Waals surface area contributed by atoms with Crippen molar-refractivity contribution < 1.29 is 32.6 Å². The van der Waals surface area contributed by atoms with E-state index < -0.39 is 23.7 Å². The van der Waals surface area contributed by atoms with E-state index in [1.165, 1.54) is 18.7 Å². The highest BCUT2D eigenvalue weighted by molar-refractivity contribution is 5.92. The van der Waals surface area contributed by atoms with E-state index in [0.29, 0.717) is 25.0 Å². The summed E-state index contributed by atoms with van der Waals surface area (Å²) in [7, 11) is 3.17. The van der Waals surface area contributed by atoms with Gasteiger partial charge in [-0.1, -0.05) is 6.07 Å². The Morgan fingerprint density at radius 3 is 2.39 bits per heavy atom. The molecule has 0 radical (unpaired) electrons. The number of ketones is 1. The second kappa shape index (κ2) is 11.3. The Hall–Kier alpha value is -3.04. The predicted octanol–water partition coefficient (Wildman–Crippen LogP) is 5.70. The molecule has 6 rings (SSSR count). The number of methoxy groups -OCH3 is 2. The number of benzene rings is 2. The van der Waals surface area contributed by atoms with Crippen LogP contribution in [0.2, 0.25) is 0 Å². The average Bonchev–Trinajstić information content (AvgIpc) is 3.77. The number of hydrogen-bond acceptors (Lipinski definition) is 6. The Labute approximate surface area is 239 Å². The summed E-state index contributed by atoms with van der Waals surface area (Å²) < 4.78 is 44.3. The van der Waals surface area contributed by atoms with Crippen LogP contribution in [0.1, 0.15) is 68.1 Å². The van der Waals surface area contributed by atoms with E-state index in [9.17, 15) is 18.4 Å². The number of nitrogens with zero attached hydrogens (tertiary/aromatic N) is 2. The minimum absolute atomic E-state index is 0.0210. The van der Waals surface area contributed by atoms with Crippen molar-refractivity contribution in [2.75, 3.05) is 30.6 Å². The number of hydrogen-bond donors (Lipinski definition) is 0. The monoisotopic (exact) mass is 568 g/mol. The lowest BCUT2D eigenvalue weighted by Crippen LogP contribution is -2.45. The first kappa shape index (κ1) is 28.1. The number of carbonyl (C=O) groups is 2. The average molecular weight is 569 g/mol. The normalized spacial score (nSPS) is 27.7. The smallest absolute Gasteiger partial charge is 0.414 e. The third-order valence-corrected chi connectivity index (χ3v) is 9.60. The SMILES string of the molecule is COC(=O)N1c2ccc3c(c2CCC1C)CC(CC(C(=O)C1CO1)c1ccc(F)c(F)c1)N3C1CCC(OC)CC1. The third kappa shape index (κ3) is 5.23. The molecule has 0 bridgehead atoms. The van der Waals surface area contributed by atoms with E-state index in [-0.39, 0.29) is 36.1 Å². The lowest BCUT2D eigenvalue weighted by atomic mass is 9.84. The van der Waals surface area contributed by atoms with Crippen molar-refractivity contribution in [2.24, 2.45) is 0 Å². The Morgan fingerprint density at radius 1 is 1.00 bits per heavy atom. The van der Waals surface area contributed by atoms with Crippen LogP contribution >= 0.6 is 0 Å². The molecule has 0 spiro atoms. The van der Waals surface area contributed by atoms with Crippen molar-refractivity contribution in [1.82, 2.24) is 0 Å². The molecule has 7 nitrogen and oxygen atoms in total. The van der Waals surface area contributed by atoms with Gasteiger partial charge in [-0.05, 0) is 99.2 Å². The van der Waals surface area contributed by atoms with Crippen molar-refractivity contribution in [3.05, 3.63) is 58.7 Å². The van der Waals surface area contributed by atoms with Gasteiger partial charge in [-0.2, -0.15) is 0 Å². The van der Waals surface area contributed by atoms with Crippen LogP contribution in [0, 0.1) is 11.6 Å². The summed E-state index contributed by atoms with van der Waals surface area (Å²) in [5.74, 6) is -2.57. The molecule has 1 saturated carbocycles. The molecule has 2 fully saturated rings. The Morgan fingerprint density at radius 2 is 1.73 bits per heavy atom. The molecule has 4 aliphatic rings. The molecule has 41 heavy (non-hydrogen) atoms. The molecule has 0 N–H and O–H groups in total. The number of fused-ring (bicyclic) bond motifs is 3. The minimum atomic E-state index is -0.951. The highest BCUT2D eigenvalue weighted by Gasteiger charge is 2.44. The molecule has 2 aromatic carbocycles. The van der Waals surface area contributed by atoms with Crippen LogP contribution in [0.25, 0.3) is 0 Å². The molecular formula is C32H38F2N2O5. The standard InChI is InChI=1S/C32H38F2N2O5/c1-18-4-10-23-25-16-21(15-24(31(37)30-17-41-30)19-5-11-26(33)27(34)14-19)36(20-6-8-22(39-2)9-7-20)29(25)13-12-28(23)35(18)32(38)40-3/h5,11-14,18,20-22,24,30H,4,6-10,15-17H2,1-3H3. The summed E-state index contributed by atoms with van der Waals surface area (Å²) in [5, 5.41) is 0. The van der Waals surface area contributed by atoms with Crippen molar-refractivity contribution in [2.45, 2.75) is 94.5 Å². The summed E-state index contributed by atoms with van der Waals surface area (Å²) in [6.45, 7) is 2.40. The van der Waals surface area contributed by atoms with Gasteiger partial charge in [0.15, 0.2) is 17.4 Å². The zero-order valence-corrected chi connectivity index (χ0v) is 23.9. The van der Waals surface area contributed by atoms with Crippen molar-refractivity contribution >= 4 is 23.3 Å². The van der Waals surface area contributed by atoms with E-state index in [2.05, 4.69) is 11.0 Å². The first-order valence-corrected chi connectivity index (χ1v) is 14.7. The number of Topliss-reactive ketones (excluding diaryl/α,β-unsaturated/α-hetero) is 1. The lowest BCUT2D eigenvalue weighted by molar-refractivity contribution is -0.122. The Bertz CT molecular complexity index is 1320. The fourth-order valence-corrected chi connectivity index (χ4v) is 7.37. The maximum absolute atomic E-state index is 14.4. The second-order valence-electron chi connectivity index (χ2n) is 11.9. The predicted molar refractivity (Wildman–Crippen MR) is 151 cm³/mol. The summed E-state index contributed by atoms with van der Waals surface area (Å²) in [6, 6.07) is 8.21. The number of ether oxygens (including phenoxy) is 3. The van der Waals surface area contributed by atoms with Gasteiger partial charge in [-0.3, -0.25) is 9.69 Å². The second-order valence-corrected chi connectivity index (χ2v) is 11.9. The number of halogens is 2. The lowest BCUT2D eigenvalue weighted by Gasteiger charge is -2.41. The summed E-state index contributed by atoms with van der Waals surface area (Å²) in [4.78, 5) is 30.5. The molecule has 2 aromatic rings. The Balaban J connectivity index is 1.38. The van der Waals surface area contributed by atoms with Crippen molar-refractivity contribution in [3.8, 4) is 0 Å². The van der Waals surface area contributed by atoms with Crippen molar-refractivity contribution in [1.29, 1.82) is 0 Å². The highest BCUT2D eigenvalue weighted by Crippen LogP contribution is 2.47. The van der Waals surface area contributed by atoms with E-state index in [4.69, 9.17) is 14.2 Å². The van der Waals surface area contributed by atoms with Gasteiger partial charge in [-0.15, -0.1) is 0 Å². The first-order valence-electron chi connectivity index (χ1n) is 14.7. The molecule has 1 aliphatic carbocycles. The topological polar surface area (TPSA) is 71.6 Å². The summed E-state index contributed by atoms with van der Waals surface area (Å²) in [6.07, 6.45) is 6.09. The van der Waals surface area contributed by atoms with Crippen molar-refractivity contribution in [3.63, 3.8) is 0 Å². The highest BCUT2D eigenvalue weighted by atomic mass is 19.2. The first-order chi connectivity index (χ1) is 19.8.